The second-order valence-electron chi connectivity index (χ2n) is 7.29. The number of piperidine rings is 1. The number of amides is 1. The first-order valence-corrected chi connectivity index (χ1v) is 10.6. The van der Waals surface area contributed by atoms with E-state index < -0.39 is 0 Å². The fraction of sp³-hybridized carbons (Fsp3) is 0.632. The van der Waals surface area contributed by atoms with Crippen molar-refractivity contribution in [1.82, 2.24) is 19.6 Å². The van der Waals surface area contributed by atoms with Gasteiger partial charge in [0.2, 0.25) is 0 Å². The highest BCUT2D eigenvalue weighted by Gasteiger charge is 2.21. The molecule has 1 aliphatic carbocycles. The Kier molecular flexibility index (Phi) is 5.36. The summed E-state index contributed by atoms with van der Waals surface area (Å²) in [7, 11) is 0. The number of likely N-dealkylation sites (tertiary alicyclic amines) is 1. The molecule has 0 spiro atoms. The maximum absolute atomic E-state index is 12.8. The summed E-state index contributed by atoms with van der Waals surface area (Å²) < 4.78 is 1.67. The van der Waals surface area contributed by atoms with Crippen molar-refractivity contribution in [3.05, 3.63) is 32.7 Å². The summed E-state index contributed by atoms with van der Waals surface area (Å²) in [6.07, 6.45) is 10.4. The smallest absolute Gasteiger partial charge is 0.271 e. The number of carbonyl (C=O) groups excluding carboxylic acids is 1. The summed E-state index contributed by atoms with van der Waals surface area (Å²) in [5, 5.41) is 2.90. The number of nitrogens with zero attached hydrogens (tertiary/aromatic N) is 3. The average Bonchev–Trinajstić information content (AvgIpc) is 3.05. The van der Waals surface area contributed by atoms with Gasteiger partial charge in [-0.05, 0) is 64.6 Å². The van der Waals surface area contributed by atoms with E-state index in [1.165, 1.54) is 49.8 Å². The summed E-state index contributed by atoms with van der Waals surface area (Å²) in [5.41, 5.74) is 1.00. The lowest BCUT2D eigenvalue weighted by Gasteiger charge is -2.26. The van der Waals surface area contributed by atoms with E-state index in [0.717, 1.165) is 37.9 Å². The molecule has 0 radical (unpaired) electrons. The standard InChI is InChI=1S/C19H26N4O2S/c24-17(20-9-6-12-22-10-4-1-5-11-22)14-13-21-19-23(18(14)25)15-7-2-3-8-16(15)26-19/h13H,1-12H2,(H,20,24). The topological polar surface area (TPSA) is 66.7 Å². The number of thiazole rings is 1. The lowest BCUT2D eigenvalue weighted by atomic mass is 10.0. The van der Waals surface area contributed by atoms with Gasteiger partial charge in [-0.2, -0.15) is 0 Å². The SMILES string of the molecule is O=C(NCCCN1CCCCC1)c1cnc2sc3c(n2c1=O)CCCC3. The molecule has 1 N–H and O–H groups in total. The molecule has 0 unspecified atom stereocenters. The van der Waals surface area contributed by atoms with E-state index in [4.69, 9.17) is 0 Å². The van der Waals surface area contributed by atoms with Gasteiger partial charge in [0.1, 0.15) is 5.56 Å². The van der Waals surface area contributed by atoms with Gasteiger partial charge in [0.05, 0.1) is 0 Å². The zero-order valence-electron chi connectivity index (χ0n) is 15.1. The Hall–Kier alpha value is -1.73. The minimum atomic E-state index is -0.300. The number of carbonyl (C=O) groups is 1. The van der Waals surface area contributed by atoms with E-state index in [-0.39, 0.29) is 17.0 Å². The number of rotatable bonds is 5. The second kappa shape index (κ2) is 7.88. The number of hydrogen-bond acceptors (Lipinski definition) is 5. The lowest BCUT2D eigenvalue weighted by Crippen LogP contribution is -2.35. The van der Waals surface area contributed by atoms with E-state index in [1.54, 1.807) is 15.7 Å². The molecule has 3 heterocycles. The van der Waals surface area contributed by atoms with Gasteiger partial charge >= 0.3 is 0 Å². The molecule has 4 rings (SSSR count). The summed E-state index contributed by atoms with van der Waals surface area (Å²) in [4.78, 5) is 34.1. The average molecular weight is 375 g/mol. The van der Waals surface area contributed by atoms with E-state index in [2.05, 4.69) is 15.2 Å². The molecule has 26 heavy (non-hydrogen) atoms. The Bertz CT molecular complexity index is 851. The molecule has 7 heteroatoms. The molecule has 0 aromatic carbocycles. The zero-order valence-corrected chi connectivity index (χ0v) is 15.9. The van der Waals surface area contributed by atoms with Crippen LogP contribution in [-0.2, 0) is 12.8 Å². The first-order chi connectivity index (χ1) is 12.7. The van der Waals surface area contributed by atoms with Crippen LogP contribution in [0.25, 0.3) is 4.96 Å². The monoisotopic (exact) mass is 374 g/mol. The summed E-state index contributed by atoms with van der Waals surface area (Å²) in [6.45, 7) is 3.94. The normalized spacial score (nSPS) is 18.0. The molecule has 1 fully saturated rings. The summed E-state index contributed by atoms with van der Waals surface area (Å²) >= 11 is 1.59. The molecular weight excluding hydrogens is 348 g/mol. The van der Waals surface area contributed by atoms with Crippen LogP contribution >= 0.6 is 11.3 Å². The van der Waals surface area contributed by atoms with Gasteiger partial charge in [0.25, 0.3) is 11.5 Å². The minimum absolute atomic E-state index is 0.159. The van der Waals surface area contributed by atoms with Crippen LogP contribution in [0, 0.1) is 0 Å². The summed E-state index contributed by atoms with van der Waals surface area (Å²) in [5.74, 6) is -0.300. The van der Waals surface area contributed by atoms with Gasteiger partial charge in [0.15, 0.2) is 4.96 Å². The Morgan fingerprint density at radius 1 is 1.15 bits per heavy atom. The van der Waals surface area contributed by atoms with Crippen molar-refractivity contribution in [1.29, 1.82) is 0 Å². The molecule has 0 atom stereocenters. The summed E-state index contributed by atoms with van der Waals surface area (Å²) in [6, 6.07) is 0. The van der Waals surface area contributed by atoms with Crippen molar-refractivity contribution in [2.45, 2.75) is 51.4 Å². The highest BCUT2D eigenvalue weighted by molar-refractivity contribution is 7.17. The van der Waals surface area contributed by atoms with Gasteiger partial charge in [-0.1, -0.05) is 6.42 Å². The third kappa shape index (κ3) is 3.55. The zero-order chi connectivity index (χ0) is 17.9. The largest absolute Gasteiger partial charge is 0.352 e. The van der Waals surface area contributed by atoms with Crippen LogP contribution in [0.1, 0.15) is 59.5 Å². The van der Waals surface area contributed by atoms with Crippen molar-refractivity contribution in [2.75, 3.05) is 26.2 Å². The molecular formula is C19H26N4O2S. The van der Waals surface area contributed by atoms with Crippen molar-refractivity contribution in [2.24, 2.45) is 0 Å². The Morgan fingerprint density at radius 2 is 1.96 bits per heavy atom. The van der Waals surface area contributed by atoms with Gasteiger partial charge < -0.3 is 10.2 Å². The predicted octanol–water partition coefficient (Wildman–Crippen LogP) is 2.24. The molecule has 0 saturated carbocycles. The van der Waals surface area contributed by atoms with E-state index >= 15 is 0 Å². The molecule has 2 aliphatic rings. The van der Waals surface area contributed by atoms with Crippen LogP contribution in [0.5, 0.6) is 0 Å². The van der Waals surface area contributed by atoms with Crippen LogP contribution in [0.4, 0.5) is 0 Å². The molecule has 2 aromatic rings. The maximum atomic E-state index is 12.8. The first-order valence-electron chi connectivity index (χ1n) is 9.77. The van der Waals surface area contributed by atoms with Crippen LogP contribution in [0.2, 0.25) is 0 Å². The van der Waals surface area contributed by atoms with Crippen molar-refractivity contribution in [3.8, 4) is 0 Å². The van der Waals surface area contributed by atoms with Gasteiger partial charge in [-0.15, -0.1) is 11.3 Å². The second-order valence-corrected chi connectivity index (χ2v) is 8.35. The molecule has 2 aromatic heterocycles. The van der Waals surface area contributed by atoms with Gasteiger partial charge in [-0.25, -0.2) is 4.98 Å². The van der Waals surface area contributed by atoms with Gasteiger partial charge in [-0.3, -0.25) is 14.0 Å². The van der Waals surface area contributed by atoms with E-state index in [9.17, 15) is 9.59 Å². The number of aryl methyl sites for hydroxylation is 2. The molecule has 140 valence electrons. The van der Waals surface area contributed by atoms with Crippen molar-refractivity contribution < 1.29 is 4.79 Å². The van der Waals surface area contributed by atoms with Crippen LogP contribution < -0.4 is 10.9 Å². The molecule has 1 amide bonds. The Labute approximate surface area is 157 Å². The Morgan fingerprint density at radius 3 is 2.81 bits per heavy atom. The molecule has 0 bridgehead atoms. The van der Waals surface area contributed by atoms with E-state index in [0.29, 0.717) is 11.5 Å². The van der Waals surface area contributed by atoms with Crippen LogP contribution in [0.15, 0.2) is 11.0 Å². The van der Waals surface area contributed by atoms with Crippen molar-refractivity contribution in [3.63, 3.8) is 0 Å². The number of nitrogens with one attached hydrogen (secondary N) is 1. The predicted molar refractivity (Wildman–Crippen MR) is 103 cm³/mol. The maximum Gasteiger partial charge on any atom is 0.271 e. The Balaban J connectivity index is 1.42. The quantitative estimate of drug-likeness (QED) is 0.815. The van der Waals surface area contributed by atoms with Crippen molar-refractivity contribution >= 4 is 22.2 Å². The van der Waals surface area contributed by atoms with E-state index in [1.807, 2.05) is 0 Å². The van der Waals surface area contributed by atoms with Crippen LogP contribution in [-0.4, -0.2) is 46.4 Å². The fourth-order valence-corrected chi connectivity index (χ4v) is 5.17. The first kappa shape index (κ1) is 17.7. The van der Waals surface area contributed by atoms with Gasteiger partial charge in [0, 0.05) is 23.3 Å². The molecule has 6 nitrogen and oxygen atoms in total. The number of aromatic nitrogens is 2. The highest BCUT2D eigenvalue weighted by Crippen LogP contribution is 2.28. The third-order valence-electron chi connectivity index (χ3n) is 5.43. The molecule has 1 aliphatic heterocycles. The third-order valence-corrected chi connectivity index (χ3v) is 6.59. The lowest BCUT2D eigenvalue weighted by molar-refractivity contribution is 0.0949. The number of hydrogen-bond donors (Lipinski definition) is 1. The fourth-order valence-electron chi connectivity index (χ4n) is 4.01. The van der Waals surface area contributed by atoms with Crippen LogP contribution in [0.3, 0.4) is 0 Å². The minimum Gasteiger partial charge on any atom is -0.352 e. The highest BCUT2D eigenvalue weighted by atomic mass is 32.1. The molecule has 1 saturated heterocycles. The number of fused-ring (bicyclic) bond motifs is 3.